The molecule has 1 fully saturated rings. The number of aromatic nitrogens is 1. The van der Waals surface area contributed by atoms with Crippen molar-refractivity contribution in [2.24, 2.45) is 5.73 Å². The lowest BCUT2D eigenvalue weighted by Gasteiger charge is -2.44. The van der Waals surface area contributed by atoms with E-state index >= 15 is 0 Å². The van der Waals surface area contributed by atoms with Crippen LogP contribution in [0.1, 0.15) is 49.8 Å². The molecule has 0 spiro atoms. The summed E-state index contributed by atoms with van der Waals surface area (Å²) in [6, 6.07) is 22.4. The van der Waals surface area contributed by atoms with Crippen molar-refractivity contribution in [2.45, 2.75) is 44.1 Å². The van der Waals surface area contributed by atoms with Gasteiger partial charge in [-0.25, -0.2) is 0 Å². The van der Waals surface area contributed by atoms with Crippen molar-refractivity contribution < 1.29 is 9.59 Å². The van der Waals surface area contributed by atoms with E-state index in [0.29, 0.717) is 19.4 Å². The first-order valence-electron chi connectivity index (χ1n) is 11.1. The number of carbonyl (C=O) groups is 2. The number of hydrogen-bond donors (Lipinski definition) is 1. The smallest absolute Gasteiger partial charge is 0.223 e. The molecule has 0 unspecified atom stereocenters. The maximum absolute atomic E-state index is 13.3. The van der Waals surface area contributed by atoms with Crippen molar-refractivity contribution >= 4 is 11.8 Å². The maximum atomic E-state index is 13.3. The Balaban J connectivity index is 1.51. The predicted octanol–water partition coefficient (Wildman–Crippen LogP) is 4.64. The summed E-state index contributed by atoms with van der Waals surface area (Å²) in [6.45, 7) is 2.73. The summed E-state index contributed by atoms with van der Waals surface area (Å²) < 4.78 is 0. The molecule has 5 nitrogen and oxygen atoms in total. The highest BCUT2D eigenvalue weighted by Crippen LogP contribution is 2.42. The van der Waals surface area contributed by atoms with Gasteiger partial charge < -0.3 is 10.6 Å². The maximum Gasteiger partial charge on any atom is 0.223 e. The fourth-order valence-electron chi connectivity index (χ4n) is 4.77. The molecule has 2 aromatic carbocycles. The summed E-state index contributed by atoms with van der Waals surface area (Å²) in [5, 5.41) is 0. The number of hydrogen-bond acceptors (Lipinski definition) is 3. The van der Waals surface area contributed by atoms with Crippen LogP contribution in [-0.2, 0) is 15.0 Å². The van der Waals surface area contributed by atoms with Gasteiger partial charge in [-0.15, -0.1) is 0 Å². The van der Waals surface area contributed by atoms with Crippen LogP contribution >= 0.6 is 0 Å². The molecule has 4 rings (SSSR count). The van der Waals surface area contributed by atoms with Gasteiger partial charge in [0.25, 0.3) is 0 Å². The number of nitrogens with zero attached hydrogens (tertiary/aromatic N) is 2. The van der Waals surface area contributed by atoms with E-state index in [1.54, 1.807) is 6.20 Å². The molecule has 1 aliphatic rings. The highest BCUT2D eigenvalue weighted by atomic mass is 16.2. The van der Waals surface area contributed by atoms with Crippen LogP contribution in [0.5, 0.6) is 0 Å². The molecule has 1 aromatic heterocycles. The standard InChI is InChI=1S/C27H29N3O2/c1-20(21-9-11-22(12-10-21)23-6-5-16-29-19-23)30-17-15-27(18-26(30)32,14-13-25(28)31)24-7-3-2-4-8-24/h2-12,16,19-20H,13-15,17-18H2,1H3,(H2,28,31)/t20-,27+/m0/s1. The van der Waals surface area contributed by atoms with Gasteiger partial charge in [0.05, 0.1) is 6.04 Å². The minimum Gasteiger partial charge on any atom is -0.370 e. The fraction of sp³-hybridized carbons (Fsp3) is 0.296. The second-order valence-corrected chi connectivity index (χ2v) is 8.67. The molecule has 2 N–H and O–H groups in total. The lowest BCUT2D eigenvalue weighted by atomic mass is 9.69. The Hall–Kier alpha value is -3.47. The highest BCUT2D eigenvalue weighted by molar-refractivity contribution is 5.80. The van der Waals surface area contributed by atoms with Crippen LogP contribution in [0.2, 0.25) is 0 Å². The molecule has 0 radical (unpaired) electrons. The van der Waals surface area contributed by atoms with Crippen LogP contribution in [-0.4, -0.2) is 28.2 Å². The van der Waals surface area contributed by atoms with Crippen molar-refractivity contribution in [1.82, 2.24) is 9.88 Å². The van der Waals surface area contributed by atoms with E-state index in [0.717, 1.165) is 28.7 Å². The summed E-state index contributed by atoms with van der Waals surface area (Å²) in [4.78, 5) is 31.0. The zero-order chi connectivity index (χ0) is 22.6. The molecule has 0 bridgehead atoms. The highest BCUT2D eigenvalue weighted by Gasteiger charge is 2.41. The number of primary amides is 1. The monoisotopic (exact) mass is 427 g/mol. The van der Waals surface area contributed by atoms with E-state index in [9.17, 15) is 9.59 Å². The number of nitrogens with two attached hydrogens (primary N) is 1. The first-order chi connectivity index (χ1) is 15.5. The molecule has 2 atom stereocenters. The minimum absolute atomic E-state index is 0.0182. The summed E-state index contributed by atoms with van der Waals surface area (Å²) in [5.41, 5.74) is 9.51. The topological polar surface area (TPSA) is 76.3 Å². The first kappa shape index (κ1) is 21.8. The molecule has 2 heterocycles. The Morgan fingerprint density at radius 1 is 1.06 bits per heavy atom. The predicted molar refractivity (Wildman–Crippen MR) is 126 cm³/mol. The number of carbonyl (C=O) groups excluding carboxylic acids is 2. The number of benzene rings is 2. The zero-order valence-electron chi connectivity index (χ0n) is 18.4. The van der Waals surface area contributed by atoms with Gasteiger partial charge in [-0.05, 0) is 48.1 Å². The SMILES string of the molecule is C[C@@H](c1ccc(-c2cccnc2)cc1)N1CC[C@@](CCC(N)=O)(c2ccccc2)CC1=O. The van der Waals surface area contributed by atoms with Crippen molar-refractivity contribution in [1.29, 1.82) is 0 Å². The van der Waals surface area contributed by atoms with Gasteiger partial charge in [-0.3, -0.25) is 14.6 Å². The second-order valence-electron chi connectivity index (χ2n) is 8.67. The van der Waals surface area contributed by atoms with Crippen molar-refractivity contribution in [3.05, 3.63) is 90.3 Å². The molecule has 0 saturated carbocycles. The van der Waals surface area contributed by atoms with Crippen LogP contribution < -0.4 is 5.73 Å². The third kappa shape index (κ3) is 4.57. The third-order valence-corrected chi connectivity index (χ3v) is 6.73. The number of pyridine rings is 1. The summed E-state index contributed by atoms with van der Waals surface area (Å²) >= 11 is 0. The Morgan fingerprint density at radius 2 is 1.81 bits per heavy atom. The molecular formula is C27H29N3O2. The Kier molecular flexibility index (Phi) is 6.35. The van der Waals surface area contributed by atoms with Crippen molar-refractivity contribution in [3.8, 4) is 11.1 Å². The van der Waals surface area contributed by atoms with E-state index in [1.807, 2.05) is 41.4 Å². The van der Waals surface area contributed by atoms with Gasteiger partial charge in [-0.1, -0.05) is 60.7 Å². The lowest BCUT2D eigenvalue weighted by Crippen LogP contribution is -2.47. The summed E-state index contributed by atoms with van der Waals surface area (Å²) in [5.74, 6) is -0.203. The van der Waals surface area contributed by atoms with E-state index < -0.39 is 0 Å². The van der Waals surface area contributed by atoms with E-state index in [1.165, 1.54) is 0 Å². The van der Waals surface area contributed by atoms with E-state index in [2.05, 4.69) is 48.3 Å². The first-order valence-corrected chi connectivity index (χ1v) is 11.1. The molecule has 1 aliphatic heterocycles. The summed E-state index contributed by atoms with van der Waals surface area (Å²) in [7, 11) is 0. The van der Waals surface area contributed by atoms with Gasteiger partial charge in [-0.2, -0.15) is 0 Å². The van der Waals surface area contributed by atoms with Crippen LogP contribution in [0.25, 0.3) is 11.1 Å². The summed E-state index contributed by atoms with van der Waals surface area (Å²) in [6.07, 6.45) is 5.70. The average Bonchev–Trinajstić information content (AvgIpc) is 2.83. The fourth-order valence-corrected chi connectivity index (χ4v) is 4.77. The lowest BCUT2D eigenvalue weighted by molar-refractivity contribution is -0.139. The Labute approximate surface area is 189 Å². The third-order valence-electron chi connectivity index (χ3n) is 6.73. The molecule has 0 aliphatic carbocycles. The number of amides is 2. The van der Waals surface area contributed by atoms with Crippen LogP contribution in [0.3, 0.4) is 0 Å². The molecule has 164 valence electrons. The molecule has 1 saturated heterocycles. The molecular weight excluding hydrogens is 398 g/mol. The largest absolute Gasteiger partial charge is 0.370 e. The number of likely N-dealkylation sites (tertiary alicyclic amines) is 1. The normalized spacial score (nSPS) is 19.5. The number of rotatable bonds is 7. The minimum atomic E-state index is -0.340. The average molecular weight is 428 g/mol. The van der Waals surface area contributed by atoms with E-state index in [4.69, 9.17) is 5.73 Å². The van der Waals surface area contributed by atoms with E-state index in [-0.39, 0.29) is 29.7 Å². The van der Waals surface area contributed by atoms with Gasteiger partial charge in [0.1, 0.15) is 0 Å². The zero-order valence-corrected chi connectivity index (χ0v) is 18.4. The van der Waals surface area contributed by atoms with Gasteiger partial charge >= 0.3 is 0 Å². The molecule has 5 heteroatoms. The van der Waals surface area contributed by atoms with Crippen LogP contribution in [0.4, 0.5) is 0 Å². The quantitative estimate of drug-likeness (QED) is 0.597. The van der Waals surface area contributed by atoms with Gasteiger partial charge in [0.15, 0.2) is 0 Å². The second kappa shape index (κ2) is 9.35. The molecule has 3 aromatic rings. The molecule has 2 amide bonds. The Morgan fingerprint density at radius 3 is 2.44 bits per heavy atom. The number of piperidine rings is 1. The van der Waals surface area contributed by atoms with Crippen molar-refractivity contribution in [2.75, 3.05) is 6.54 Å². The molecule has 32 heavy (non-hydrogen) atoms. The van der Waals surface area contributed by atoms with Gasteiger partial charge in [0.2, 0.25) is 11.8 Å². The Bertz CT molecular complexity index is 1070. The van der Waals surface area contributed by atoms with Gasteiger partial charge in [0, 0.05) is 37.2 Å². The van der Waals surface area contributed by atoms with Crippen LogP contribution in [0.15, 0.2) is 79.1 Å². The van der Waals surface area contributed by atoms with Crippen molar-refractivity contribution in [3.63, 3.8) is 0 Å². The van der Waals surface area contributed by atoms with Crippen LogP contribution in [0, 0.1) is 0 Å².